The van der Waals surface area contributed by atoms with Crippen molar-refractivity contribution in [1.29, 1.82) is 0 Å². The Hall–Kier alpha value is -1.65. The van der Waals surface area contributed by atoms with Crippen molar-refractivity contribution in [3.05, 3.63) is 17.6 Å². The second kappa shape index (κ2) is 5.77. The summed E-state index contributed by atoms with van der Waals surface area (Å²) in [6, 6.07) is 1.76. The summed E-state index contributed by atoms with van der Waals surface area (Å²) < 4.78 is 0. The van der Waals surface area contributed by atoms with Crippen molar-refractivity contribution in [3.63, 3.8) is 0 Å². The van der Waals surface area contributed by atoms with Crippen LogP contribution in [0.25, 0.3) is 0 Å². The zero-order valence-corrected chi connectivity index (χ0v) is 12.9. The zero-order valence-electron chi connectivity index (χ0n) is 12.9. The molecule has 1 aromatic heterocycles. The average molecular weight is 276 g/mol. The first-order chi connectivity index (χ1) is 9.35. The molecule has 1 amide bonds. The second-order valence-electron chi connectivity index (χ2n) is 6.41. The average Bonchev–Trinajstić information content (AvgIpc) is 2.36. The van der Waals surface area contributed by atoms with Crippen molar-refractivity contribution in [2.45, 2.75) is 52.5 Å². The Labute approximate surface area is 120 Å². The van der Waals surface area contributed by atoms with Crippen LogP contribution in [0, 0.1) is 6.92 Å². The molecule has 0 radical (unpaired) electrons. The minimum atomic E-state index is -0.0910. The molecule has 0 aliphatic carbocycles. The lowest BCUT2D eigenvalue weighted by Gasteiger charge is -2.27. The molecule has 20 heavy (non-hydrogen) atoms. The third-order valence-electron chi connectivity index (χ3n) is 3.20. The number of carbonyl (C=O) groups is 1. The van der Waals surface area contributed by atoms with Crippen LogP contribution in [0.15, 0.2) is 6.07 Å². The summed E-state index contributed by atoms with van der Waals surface area (Å²) in [5.41, 5.74) is 0.401. The number of hydrogen-bond donors (Lipinski definition) is 1. The Morgan fingerprint density at radius 3 is 2.45 bits per heavy atom. The Balaban J connectivity index is 2.20. The Bertz CT molecular complexity index is 487. The Kier molecular flexibility index (Phi) is 4.26. The highest BCUT2D eigenvalue weighted by Gasteiger charge is 2.21. The van der Waals surface area contributed by atoms with E-state index < -0.39 is 0 Å². The molecule has 1 aromatic rings. The fourth-order valence-electron chi connectivity index (χ4n) is 2.38. The molecular formula is C15H24N4O. The summed E-state index contributed by atoms with van der Waals surface area (Å²) in [7, 11) is 0. The first-order valence-corrected chi connectivity index (χ1v) is 7.28. The number of aryl methyl sites for hydroxylation is 1. The summed E-state index contributed by atoms with van der Waals surface area (Å²) in [5.74, 6) is 1.36. The molecule has 0 spiro atoms. The number of rotatable bonds is 2. The molecule has 1 N–H and O–H groups in total. The van der Waals surface area contributed by atoms with Gasteiger partial charge >= 0.3 is 0 Å². The molecule has 5 heteroatoms. The molecule has 2 heterocycles. The largest absolute Gasteiger partial charge is 0.365 e. The lowest BCUT2D eigenvalue weighted by molar-refractivity contribution is 0.0718. The predicted molar refractivity (Wildman–Crippen MR) is 79.9 cm³/mol. The third kappa shape index (κ3) is 3.92. The van der Waals surface area contributed by atoms with Crippen LogP contribution < -0.4 is 5.32 Å². The molecular weight excluding hydrogens is 252 g/mol. The van der Waals surface area contributed by atoms with Crippen LogP contribution in [0.5, 0.6) is 0 Å². The van der Waals surface area contributed by atoms with Crippen molar-refractivity contribution in [1.82, 2.24) is 14.9 Å². The number of aromatic nitrogens is 2. The van der Waals surface area contributed by atoms with E-state index in [1.165, 1.54) is 6.42 Å². The van der Waals surface area contributed by atoms with Crippen LogP contribution in [0.2, 0.25) is 0 Å². The maximum atomic E-state index is 12.5. The standard InChI is InChI=1S/C15H24N4O/c1-11-16-12(10-13(17-11)18-15(2,3)4)14(20)19-8-6-5-7-9-19/h10H,5-9H2,1-4H3,(H,16,17,18). The van der Waals surface area contributed by atoms with E-state index in [4.69, 9.17) is 0 Å². The highest BCUT2D eigenvalue weighted by Crippen LogP contribution is 2.16. The monoisotopic (exact) mass is 276 g/mol. The fraction of sp³-hybridized carbons (Fsp3) is 0.667. The maximum absolute atomic E-state index is 12.5. The van der Waals surface area contributed by atoms with Gasteiger partial charge in [0, 0.05) is 24.7 Å². The Morgan fingerprint density at radius 2 is 1.85 bits per heavy atom. The molecule has 2 rings (SSSR count). The number of anilines is 1. The zero-order chi connectivity index (χ0) is 14.8. The van der Waals surface area contributed by atoms with Crippen LogP contribution >= 0.6 is 0 Å². The maximum Gasteiger partial charge on any atom is 0.272 e. The van der Waals surface area contributed by atoms with E-state index in [0.717, 1.165) is 25.9 Å². The van der Waals surface area contributed by atoms with Gasteiger partial charge in [-0.25, -0.2) is 9.97 Å². The highest BCUT2D eigenvalue weighted by atomic mass is 16.2. The van der Waals surface area contributed by atoms with Gasteiger partial charge in [0.1, 0.15) is 17.3 Å². The van der Waals surface area contributed by atoms with E-state index in [-0.39, 0.29) is 11.4 Å². The molecule has 1 fully saturated rings. The van der Waals surface area contributed by atoms with Crippen LogP contribution in [0.4, 0.5) is 5.82 Å². The molecule has 0 unspecified atom stereocenters. The number of nitrogens with one attached hydrogen (secondary N) is 1. The van der Waals surface area contributed by atoms with Gasteiger partial charge in [0.25, 0.3) is 5.91 Å². The predicted octanol–water partition coefficient (Wildman–Crippen LogP) is 2.62. The summed E-state index contributed by atoms with van der Waals surface area (Å²) in [5, 5.41) is 3.30. The van der Waals surface area contributed by atoms with Gasteiger partial charge in [-0.05, 0) is 47.0 Å². The van der Waals surface area contributed by atoms with E-state index >= 15 is 0 Å². The number of likely N-dealkylation sites (tertiary alicyclic amines) is 1. The molecule has 110 valence electrons. The van der Waals surface area contributed by atoms with Gasteiger partial charge in [0.15, 0.2) is 0 Å². The van der Waals surface area contributed by atoms with Crippen molar-refractivity contribution in [3.8, 4) is 0 Å². The summed E-state index contributed by atoms with van der Waals surface area (Å²) in [4.78, 5) is 23.0. The topological polar surface area (TPSA) is 58.1 Å². The van der Waals surface area contributed by atoms with Gasteiger partial charge in [-0.15, -0.1) is 0 Å². The second-order valence-corrected chi connectivity index (χ2v) is 6.41. The first-order valence-electron chi connectivity index (χ1n) is 7.28. The van der Waals surface area contributed by atoms with E-state index in [9.17, 15) is 4.79 Å². The molecule has 1 aliphatic rings. The van der Waals surface area contributed by atoms with Crippen molar-refractivity contribution < 1.29 is 4.79 Å². The number of hydrogen-bond acceptors (Lipinski definition) is 4. The lowest BCUT2D eigenvalue weighted by atomic mass is 10.1. The SMILES string of the molecule is Cc1nc(NC(C)(C)C)cc(C(=O)N2CCCCC2)n1. The minimum Gasteiger partial charge on any atom is -0.365 e. The molecule has 1 saturated heterocycles. The molecule has 0 aromatic carbocycles. The van der Waals surface area contributed by atoms with E-state index in [0.29, 0.717) is 17.3 Å². The van der Waals surface area contributed by atoms with E-state index in [1.54, 1.807) is 6.07 Å². The smallest absolute Gasteiger partial charge is 0.272 e. The first kappa shape index (κ1) is 14.8. The van der Waals surface area contributed by atoms with Gasteiger partial charge in [0.05, 0.1) is 0 Å². The van der Waals surface area contributed by atoms with Crippen LogP contribution in [0.1, 0.15) is 56.3 Å². The van der Waals surface area contributed by atoms with Gasteiger partial charge in [0.2, 0.25) is 0 Å². The summed E-state index contributed by atoms with van der Waals surface area (Å²) in [6.07, 6.45) is 3.38. The molecule has 0 saturated carbocycles. The molecule has 5 nitrogen and oxygen atoms in total. The normalized spacial score (nSPS) is 16.1. The number of nitrogens with zero attached hydrogens (tertiary/aromatic N) is 3. The van der Waals surface area contributed by atoms with Crippen molar-refractivity contribution in [2.24, 2.45) is 0 Å². The fourth-order valence-corrected chi connectivity index (χ4v) is 2.38. The third-order valence-corrected chi connectivity index (χ3v) is 3.20. The minimum absolute atomic E-state index is 0.0205. The quantitative estimate of drug-likeness (QED) is 0.902. The molecule has 1 aliphatic heterocycles. The van der Waals surface area contributed by atoms with Crippen LogP contribution in [0.3, 0.4) is 0 Å². The number of carbonyl (C=O) groups excluding carboxylic acids is 1. The summed E-state index contributed by atoms with van der Waals surface area (Å²) >= 11 is 0. The van der Waals surface area contributed by atoms with Crippen LogP contribution in [-0.4, -0.2) is 39.4 Å². The molecule has 0 bridgehead atoms. The highest BCUT2D eigenvalue weighted by molar-refractivity contribution is 5.93. The van der Waals surface area contributed by atoms with E-state index in [2.05, 4.69) is 36.1 Å². The lowest BCUT2D eigenvalue weighted by Crippen LogP contribution is -2.36. The number of amides is 1. The van der Waals surface area contributed by atoms with E-state index in [1.807, 2.05) is 11.8 Å². The van der Waals surface area contributed by atoms with Gasteiger partial charge in [-0.3, -0.25) is 4.79 Å². The van der Waals surface area contributed by atoms with Gasteiger partial charge in [-0.2, -0.15) is 0 Å². The molecule has 0 atom stereocenters. The van der Waals surface area contributed by atoms with Crippen LogP contribution in [-0.2, 0) is 0 Å². The van der Waals surface area contributed by atoms with Crippen molar-refractivity contribution in [2.75, 3.05) is 18.4 Å². The summed E-state index contributed by atoms with van der Waals surface area (Å²) in [6.45, 7) is 9.69. The number of piperidine rings is 1. The Morgan fingerprint density at radius 1 is 1.20 bits per heavy atom. The van der Waals surface area contributed by atoms with Crippen molar-refractivity contribution >= 4 is 11.7 Å². The van der Waals surface area contributed by atoms with Gasteiger partial charge in [-0.1, -0.05) is 0 Å². The van der Waals surface area contributed by atoms with Gasteiger partial charge < -0.3 is 10.2 Å².